The summed E-state index contributed by atoms with van der Waals surface area (Å²) in [6, 6.07) is 0. The molecule has 0 radical (unpaired) electrons. The molecule has 1 fully saturated rings. The molecule has 2 heterocycles. The molecule has 2 rings (SSSR count). The van der Waals surface area contributed by atoms with Crippen LogP contribution in [0.2, 0.25) is 0 Å². The Morgan fingerprint density at radius 1 is 1.75 bits per heavy atom. The predicted octanol–water partition coefficient (Wildman–Crippen LogP) is 0.176. The second-order valence-electron chi connectivity index (χ2n) is 4.04. The lowest BCUT2D eigenvalue weighted by atomic mass is 10.2. The van der Waals surface area contributed by atoms with Crippen LogP contribution in [0, 0.1) is 0 Å². The lowest BCUT2D eigenvalue weighted by Crippen LogP contribution is -2.34. The van der Waals surface area contributed by atoms with Gasteiger partial charge in [0, 0.05) is 12.1 Å². The Kier molecular flexibility index (Phi) is 3.09. The number of rotatable bonds is 3. The van der Waals surface area contributed by atoms with Crippen molar-refractivity contribution in [2.24, 2.45) is 0 Å². The van der Waals surface area contributed by atoms with Gasteiger partial charge in [-0.15, -0.1) is 0 Å². The largest absolute Gasteiger partial charge is 0.384 e. The van der Waals surface area contributed by atoms with E-state index < -0.39 is 0 Å². The zero-order chi connectivity index (χ0) is 11.5. The maximum absolute atomic E-state index is 11.7. The van der Waals surface area contributed by atoms with E-state index in [2.05, 4.69) is 15.5 Å². The first kappa shape index (κ1) is 10.9. The molecule has 1 aromatic rings. The van der Waals surface area contributed by atoms with E-state index in [0.717, 1.165) is 18.4 Å². The number of carbonyl (C=O) groups excluding carboxylic acids is 1. The Balaban J connectivity index is 1.82. The van der Waals surface area contributed by atoms with Gasteiger partial charge in [-0.2, -0.15) is 5.10 Å². The number of hydrogen-bond acceptors (Lipinski definition) is 4. The number of nitrogens with one attached hydrogen (secondary N) is 2. The second-order valence-corrected chi connectivity index (χ2v) is 4.04. The zero-order valence-corrected chi connectivity index (χ0v) is 9.19. The molecule has 1 aliphatic heterocycles. The number of amides is 1. The summed E-state index contributed by atoms with van der Waals surface area (Å²) in [5.41, 5.74) is 6.39. The minimum atomic E-state index is -0.317. The molecule has 1 aliphatic rings. The van der Waals surface area contributed by atoms with Crippen LogP contribution in [0.25, 0.3) is 0 Å². The molecule has 6 nitrogen and oxygen atoms in total. The maximum atomic E-state index is 11.7. The number of nitrogens with two attached hydrogens (primary N) is 1. The number of anilines is 1. The third-order valence-corrected chi connectivity index (χ3v) is 2.73. The van der Waals surface area contributed by atoms with E-state index in [1.807, 2.05) is 6.92 Å². The zero-order valence-electron chi connectivity index (χ0n) is 9.19. The topological polar surface area (TPSA) is 93.0 Å². The highest BCUT2D eigenvalue weighted by Crippen LogP contribution is 2.19. The summed E-state index contributed by atoms with van der Waals surface area (Å²) in [6.45, 7) is 2.36. The molecule has 88 valence electrons. The van der Waals surface area contributed by atoms with E-state index in [1.165, 1.54) is 0 Å². The number of ether oxygens (including phenoxy) is 1. The standard InChI is InChI=1S/C10H16N4O2/c1-6-2-3-8(16-6)10(15)12-4-7-5-13-14-9(7)11/h5-6,8H,2-4H2,1H3,(H,12,15)(H3,11,13,14). The first-order chi connectivity index (χ1) is 7.66. The number of H-pyrrole nitrogens is 1. The Hall–Kier alpha value is -1.56. The van der Waals surface area contributed by atoms with E-state index in [1.54, 1.807) is 6.20 Å². The van der Waals surface area contributed by atoms with Gasteiger partial charge in [0.25, 0.3) is 0 Å². The molecule has 4 N–H and O–H groups in total. The summed E-state index contributed by atoms with van der Waals surface area (Å²) < 4.78 is 5.46. The summed E-state index contributed by atoms with van der Waals surface area (Å²) >= 11 is 0. The molecule has 0 aliphatic carbocycles. The van der Waals surface area contributed by atoms with E-state index >= 15 is 0 Å². The molecule has 0 spiro atoms. The van der Waals surface area contributed by atoms with Crippen LogP contribution in [0.1, 0.15) is 25.3 Å². The third kappa shape index (κ3) is 2.33. The van der Waals surface area contributed by atoms with Crippen LogP contribution in [0.15, 0.2) is 6.20 Å². The maximum Gasteiger partial charge on any atom is 0.249 e. The summed E-state index contributed by atoms with van der Waals surface area (Å²) in [7, 11) is 0. The summed E-state index contributed by atoms with van der Waals surface area (Å²) in [4.78, 5) is 11.7. The van der Waals surface area contributed by atoms with E-state index in [0.29, 0.717) is 12.4 Å². The van der Waals surface area contributed by atoms with Crippen LogP contribution in [-0.2, 0) is 16.1 Å². The molecule has 2 unspecified atom stereocenters. The number of hydrogen-bond donors (Lipinski definition) is 3. The summed E-state index contributed by atoms with van der Waals surface area (Å²) in [6.07, 6.45) is 3.19. The number of aromatic nitrogens is 2. The Labute approximate surface area is 93.5 Å². The van der Waals surface area contributed by atoms with Gasteiger partial charge in [0.05, 0.1) is 12.3 Å². The lowest BCUT2D eigenvalue weighted by Gasteiger charge is -2.11. The highest BCUT2D eigenvalue weighted by atomic mass is 16.5. The van der Waals surface area contributed by atoms with Crippen LogP contribution in [0.4, 0.5) is 5.82 Å². The molecule has 0 aromatic carbocycles. The molecule has 6 heteroatoms. The molecule has 16 heavy (non-hydrogen) atoms. The van der Waals surface area contributed by atoms with Gasteiger partial charge in [0.1, 0.15) is 11.9 Å². The monoisotopic (exact) mass is 224 g/mol. The van der Waals surface area contributed by atoms with Crippen LogP contribution in [-0.4, -0.2) is 28.3 Å². The van der Waals surface area contributed by atoms with Gasteiger partial charge >= 0.3 is 0 Å². The summed E-state index contributed by atoms with van der Waals surface area (Å²) in [5, 5.41) is 9.18. The average Bonchev–Trinajstić information content (AvgIpc) is 2.84. The van der Waals surface area contributed by atoms with Gasteiger partial charge in [-0.05, 0) is 19.8 Å². The highest BCUT2D eigenvalue weighted by Gasteiger charge is 2.27. The van der Waals surface area contributed by atoms with Gasteiger partial charge in [-0.1, -0.05) is 0 Å². The number of aromatic amines is 1. The van der Waals surface area contributed by atoms with Crippen LogP contribution >= 0.6 is 0 Å². The van der Waals surface area contributed by atoms with Crippen molar-refractivity contribution in [1.82, 2.24) is 15.5 Å². The fourth-order valence-electron chi connectivity index (χ4n) is 1.75. The van der Waals surface area contributed by atoms with Gasteiger partial charge in [-0.25, -0.2) is 0 Å². The van der Waals surface area contributed by atoms with Crippen LogP contribution < -0.4 is 11.1 Å². The predicted molar refractivity (Wildman–Crippen MR) is 58.4 cm³/mol. The van der Waals surface area contributed by atoms with Crippen molar-refractivity contribution in [2.45, 2.75) is 38.5 Å². The van der Waals surface area contributed by atoms with Crippen molar-refractivity contribution in [1.29, 1.82) is 0 Å². The minimum absolute atomic E-state index is 0.0787. The first-order valence-electron chi connectivity index (χ1n) is 5.37. The van der Waals surface area contributed by atoms with Crippen LogP contribution in [0.3, 0.4) is 0 Å². The minimum Gasteiger partial charge on any atom is -0.384 e. The molecule has 2 atom stereocenters. The fourth-order valence-corrected chi connectivity index (χ4v) is 1.75. The molecule has 1 aromatic heterocycles. The number of nitrogen functional groups attached to an aromatic ring is 1. The van der Waals surface area contributed by atoms with Crippen molar-refractivity contribution in [2.75, 3.05) is 5.73 Å². The third-order valence-electron chi connectivity index (χ3n) is 2.73. The van der Waals surface area contributed by atoms with E-state index in [-0.39, 0.29) is 18.1 Å². The van der Waals surface area contributed by atoms with E-state index in [9.17, 15) is 4.79 Å². The molecule has 1 amide bonds. The Morgan fingerprint density at radius 2 is 2.56 bits per heavy atom. The van der Waals surface area contributed by atoms with Crippen molar-refractivity contribution in [3.05, 3.63) is 11.8 Å². The van der Waals surface area contributed by atoms with Crippen molar-refractivity contribution >= 4 is 11.7 Å². The molecular formula is C10H16N4O2. The number of nitrogens with zero attached hydrogens (tertiary/aromatic N) is 1. The van der Waals surface area contributed by atoms with Gasteiger partial charge in [0.2, 0.25) is 5.91 Å². The number of carbonyl (C=O) groups is 1. The van der Waals surface area contributed by atoms with Crippen molar-refractivity contribution in [3.63, 3.8) is 0 Å². The van der Waals surface area contributed by atoms with Crippen LogP contribution in [0.5, 0.6) is 0 Å². The first-order valence-corrected chi connectivity index (χ1v) is 5.37. The molecule has 0 saturated carbocycles. The molecule has 0 bridgehead atoms. The lowest BCUT2D eigenvalue weighted by molar-refractivity contribution is -0.131. The average molecular weight is 224 g/mol. The van der Waals surface area contributed by atoms with Crippen molar-refractivity contribution in [3.8, 4) is 0 Å². The van der Waals surface area contributed by atoms with Gasteiger partial charge in [0.15, 0.2) is 0 Å². The van der Waals surface area contributed by atoms with Gasteiger partial charge in [-0.3, -0.25) is 9.89 Å². The summed E-state index contributed by atoms with van der Waals surface area (Å²) in [5.74, 6) is 0.408. The quantitative estimate of drug-likeness (QED) is 0.682. The van der Waals surface area contributed by atoms with Gasteiger partial charge < -0.3 is 15.8 Å². The Bertz CT molecular complexity index is 377. The second kappa shape index (κ2) is 4.52. The van der Waals surface area contributed by atoms with Crippen molar-refractivity contribution < 1.29 is 9.53 Å². The Morgan fingerprint density at radius 3 is 3.12 bits per heavy atom. The fraction of sp³-hybridized carbons (Fsp3) is 0.600. The SMILES string of the molecule is CC1CCC(C(=O)NCc2cn[nH]c2N)O1. The normalized spacial score (nSPS) is 24.6. The smallest absolute Gasteiger partial charge is 0.249 e. The van der Waals surface area contributed by atoms with E-state index in [4.69, 9.17) is 10.5 Å². The molecular weight excluding hydrogens is 208 g/mol. The highest BCUT2D eigenvalue weighted by molar-refractivity contribution is 5.81. The molecule has 1 saturated heterocycles.